The zero-order chi connectivity index (χ0) is 23.4. The molecule has 1 saturated heterocycles. The third kappa shape index (κ3) is 5.21. The van der Waals surface area contributed by atoms with Crippen molar-refractivity contribution in [2.24, 2.45) is 0 Å². The Morgan fingerprint density at radius 3 is 2.27 bits per heavy atom. The molecule has 9 nitrogen and oxygen atoms in total. The molecule has 2 heterocycles. The highest BCUT2D eigenvalue weighted by atomic mass is 32.2. The number of nitrogens with zero attached hydrogens (tertiary/aromatic N) is 4. The van der Waals surface area contributed by atoms with Crippen LogP contribution in [0.25, 0.3) is 0 Å². The van der Waals surface area contributed by atoms with Gasteiger partial charge in [0, 0.05) is 26.2 Å². The number of carbonyl (C=O) groups is 1. The molecule has 1 aliphatic rings. The molecule has 0 bridgehead atoms. The summed E-state index contributed by atoms with van der Waals surface area (Å²) in [6.07, 6.45) is 0. The summed E-state index contributed by atoms with van der Waals surface area (Å²) in [6.45, 7) is 3.23. The lowest BCUT2D eigenvalue weighted by Gasteiger charge is -2.35. The number of carbonyl (C=O) groups excluding carboxylic acids is 1. The molecule has 0 radical (unpaired) electrons. The van der Waals surface area contributed by atoms with E-state index in [1.807, 2.05) is 30.3 Å². The number of sulfonamides is 1. The van der Waals surface area contributed by atoms with Gasteiger partial charge in [0.05, 0.1) is 16.7 Å². The summed E-state index contributed by atoms with van der Waals surface area (Å²) >= 11 is 1.21. The summed E-state index contributed by atoms with van der Waals surface area (Å²) in [7, 11) is -3.57. The van der Waals surface area contributed by atoms with Crippen molar-refractivity contribution in [3.05, 3.63) is 76.7 Å². The fourth-order valence-corrected chi connectivity index (χ4v) is 6.04. The molecule has 174 valence electrons. The summed E-state index contributed by atoms with van der Waals surface area (Å²) < 4.78 is 28.5. The summed E-state index contributed by atoms with van der Waals surface area (Å²) in [4.78, 5) is 27.2. The van der Waals surface area contributed by atoms with Crippen molar-refractivity contribution in [3.8, 4) is 0 Å². The second-order valence-corrected chi connectivity index (χ2v) is 10.9. The van der Waals surface area contributed by atoms with E-state index < -0.39 is 15.3 Å². The Labute approximate surface area is 196 Å². The number of aromatic amines is 1. The molecule has 0 aliphatic carbocycles. The minimum atomic E-state index is -3.57. The molecular formula is C22H25N5O4S2. The SMILES string of the molecule is CC(Sc1n[nH]c(=O)n1Cc1ccccc1)C(=O)N1CCN(S(=O)(=O)c2ccccc2)CC1. The van der Waals surface area contributed by atoms with E-state index in [-0.39, 0.29) is 29.6 Å². The van der Waals surface area contributed by atoms with Crippen LogP contribution >= 0.6 is 11.8 Å². The maximum Gasteiger partial charge on any atom is 0.344 e. The lowest BCUT2D eigenvalue weighted by atomic mass is 10.2. The maximum absolute atomic E-state index is 13.0. The maximum atomic E-state index is 13.0. The van der Waals surface area contributed by atoms with Crippen molar-refractivity contribution in [2.45, 2.75) is 28.8 Å². The molecule has 1 aromatic heterocycles. The summed E-state index contributed by atoms with van der Waals surface area (Å²) in [6, 6.07) is 17.9. The van der Waals surface area contributed by atoms with Crippen LogP contribution in [0.4, 0.5) is 0 Å². The molecule has 33 heavy (non-hydrogen) atoms. The molecule has 3 aromatic rings. The van der Waals surface area contributed by atoms with Gasteiger partial charge in [-0.3, -0.25) is 9.36 Å². The number of benzene rings is 2. The van der Waals surface area contributed by atoms with Gasteiger partial charge in [-0.1, -0.05) is 60.3 Å². The van der Waals surface area contributed by atoms with Crippen molar-refractivity contribution in [1.82, 2.24) is 24.0 Å². The first-order valence-electron chi connectivity index (χ1n) is 10.6. The van der Waals surface area contributed by atoms with Crippen LogP contribution in [0.2, 0.25) is 0 Å². The monoisotopic (exact) mass is 487 g/mol. The van der Waals surface area contributed by atoms with Crippen LogP contribution in [0.15, 0.2) is 75.5 Å². The highest BCUT2D eigenvalue weighted by Crippen LogP contribution is 2.24. The van der Waals surface area contributed by atoms with E-state index in [0.29, 0.717) is 24.8 Å². The topological polar surface area (TPSA) is 108 Å². The molecule has 1 fully saturated rings. The van der Waals surface area contributed by atoms with Crippen LogP contribution in [0.1, 0.15) is 12.5 Å². The highest BCUT2D eigenvalue weighted by Gasteiger charge is 2.32. The third-order valence-corrected chi connectivity index (χ3v) is 8.46. The molecule has 2 aromatic carbocycles. The first-order valence-corrected chi connectivity index (χ1v) is 12.9. The highest BCUT2D eigenvalue weighted by molar-refractivity contribution is 8.00. The van der Waals surface area contributed by atoms with Crippen LogP contribution in [0, 0.1) is 0 Å². The number of hydrogen-bond acceptors (Lipinski definition) is 6. The van der Waals surface area contributed by atoms with Gasteiger partial charge in [0.1, 0.15) is 0 Å². The Hall–Kier alpha value is -2.89. The molecule has 1 unspecified atom stereocenters. The van der Waals surface area contributed by atoms with E-state index in [1.165, 1.54) is 20.6 Å². The summed E-state index contributed by atoms with van der Waals surface area (Å²) in [5.41, 5.74) is 0.623. The first kappa shape index (κ1) is 23.3. The summed E-state index contributed by atoms with van der Waals surface area (Å²) in [5.74, 6) is -0.113. The number of H-pyrrole nitrogens is 1. The average Bonchev–Trinajstić information content (AvgIpc) is 3.18. The largest absolute Gasteiger partial charge is 0.344 e. The van der Waals surface area contributed by atoms with E-state index in [1.54, 1.807) is 42.2 Å². The van der Waals surface area contributed by atoms with Gasteiger partial charge in [0.2, 0.25) is 15.9 Å². The zero-order valence-electron chi connectivity index (χ0n) is 18.1. The van der Waals surface area contributed by atoms with Crippen molar-refractivity contribution >= 4 is 27.7 Å². The lowest BCUT2D eigenvalue weighted by Crippen LogP contribution is -2.52. The molecule has 1 amide bonds. The van der Waals surface area contributed by atoms with E-state index in [2.05, 4.69) is 10.2 Å². The minimum absolute atomic E-state index is 0.113. The van der Waals surface area contributed by atoms with E-state index >= 15 is 0 Å². The van der Waals surface area contributed by atoms with Gasteiger partial charge in [-0.2, -0.15) is 4.31 Å². The van der Waals surface area contributed by atoms with Crippen molar-refractivity contribution in [3.63, 3.8) is 0 Å². The minimum Gasteiger partial charge on any atom is -0.339 e. The Balaban J connectivity index is 1.38. The van der Waals surface area contributed by atoms with Gasteiger partial charge in [-0.15, -0.1) is 5.10 Å². The number of hydrogen-bond donors (Lipinski definition) is 1. The van der Waals surface area contributed by atoms with Crippen LogP contribution in [0.5, 0.6) is 0 Å². The summed E-state index contributed by atoms with van der Waals surface area (Å²) in [5, 5.41) is 6.51. The lowest BCUT2D eigenvalue weighted by molar-refractivity contribution is -0.131. The number of aromatic nitrogens is 3. The van der Waals surface area contributed by atoms with Gasteiger partial charge >= 0.3 is 5.69 Å². The number of nitrogens with one attached hydrogen (secondary N) is 1. The fraction of sp³-hybridized carbons (Fsp3) is 0.318. The molecule has 0 spiro atoms. The zero-order valence-corrected chi connectivity index (χ0v) is 19.8. The normalized spacial score (nSPS) is 16.0. The first-order chi connectivity index (χ1) is 15.9. The molecule has 1 N–H and O–H groups in total. The Morgan fingerprint density at radius 1 is 1.03 bits per heavy atom. The molecule has 0 saturated carbocycles. The van der Waals surface area contributed by atoms with Crippen LogP contribution in [-0.4, -0.2) is 69.7 Å². The van der Waals surface area contributed by atoms with Gasteiger partial charge in [0.15, 0.2) is 5.16 Å². The van der Waals surface area contributed by atoms with Gasteiger partial charge in [-0.05, 0) is 24.6 Å². The Morgan fingerprint density at radius 2 is 1.64 bits per heavy atom. The van der Waals surface area contributed by atoms with E-state index in [4.69, 9.17) is 0 Å². The molecule has 4 rings (SSSR count). The molecular weight excluding hydrogens is 462 g/mol. The molecule has 1 atom stereocenters. The van der Waals surface area contributed by atoms with Crippen molar-refractivity contribution < 1.29 is 13.2 Å². The fourth-order valence-electron chi connectivity index (χ4n) is 3.65. The Kier molecular flexibility index (Phi) is 7.01. The number of piperazine rings is 1. The molecule has 11 heteroatoms. The number of rotatable bonds is 7. The predicted octanol–water partition coefficient (Wildman–Crippen LogP) is 1.63. The molecule has 1 aliphatic heterocycles. The van der Waals surface area contributed by atoms with Crippen molar-refractivity contribution in [2.75, 3.05) is 26.2 Å². The van der Waals surface area contributed by atoms with Gasteiger partial charge in [0.25, 0.3) is 0 Å². The van der Waals surface area contributed by atoms with Gasteiger partial charge < -0.3 is 4.90 Å². The number of amides is 1. The quantitative estimate of drug-likeness (QED) is 0.508. The number of thioether (sulfide) groups is 1. The van der Waals surface area contributed by atoms with Crippen molar-refractivity contribution in [1.29, 1.82) is 0 Å². The average molecular weight is 488 g/mol. The van der Waals surface area contributed by atoms with Crippen LogP contribution < -0.4 is 5.69 Å². The third-order valence-electron chi connectivity index (χ3n) is 5.47. The second-order valence-electron chi connectivity index (χ2n) is 7.69. The van der Waals surface area contributed by atoms with Crippen LogP contribution in [-0.2, 0) is 21.4 Å². The smallest absolute Gasteiger partial charge is 0.339 e. The Bertz CT molecular complexity index is 1250. The van der Waals surface area contributed by atoms with E-state index in [0.717, 1.165) is 5.56 Å². The second kappa shape index (κ2) is 9.94. The van der Waals surface area contributed by atoms with Gasteiger partial charge in [-0.25, -0.2) is 18.3 Å². The van der Waals surface area contributed by atoms with E-state index in [9.17, 15) is 18.0 Å². The standard InChI is InChI=1S/C22H25N5O4S2/c1-17(32-22-24-23-21(29)27(22)16-18-8-4-2-5-9-18)20(28)25-12-14-26(15-13-25)33(30,31)19-10-6-3-7-11-19/h2-11,17H,12-16H2,1H3,(H,23,29). The predicted molar refractivity (Wildman–Crippen MR) is 125 cm³/mol. The van der Waals surface area contributed by atoms with Crippen LogP contribution in [0.3, 0.4) is 0 Å².